The van der Waals surface area contributed by atoms with Crippen molar-refractivity contribution >= 4 is 0 Å². The van der Waals surface area contributed by atoms with Gasteiger partial charge in [-0.25, -0.2) is 0 Å². The Kier molecular flexibility index (Phi) is 9.34. The Labute approximate surface area is 149 Å². The van der Waals surface area contributed by atoms with Gasteiger partial charge in [-0.3, -0.25) is 0 Å². The monoisotopic (exact) mass is 328 g/mol. The predicted molar refractivity (Wildman–Crippen MR) is 107 cm³/mol. The molecule has 0 aromatic heterocycles. The van der Waals surface area contributed by atoms with Gasteiger partial charge >= 0.3 is 0 Å². The Morgan fingerprint density at radius 3 is 2.71 bits per heavy atom. The van der Waals surface area contributed by atoms with Crippen LogP contribution in [0.25, 0.3) is 0 Å². The van der Waals surface area contributed by atoms with Gasteiger partial charge in [0.15, 0.2) is 0 Å². The third-order valence-corrected chi connectivity index (χ3v) is 4.99. The number of hydrogen-bond donors (Lipinski definition) is 1. The maximum atomic E-state index is 4.33. The third kappa shape index (κ3) is 6.09. The molecule has 1 rings (SSSR count). The van der Waals surface area contributed by atoms with Crippen molar-refractivity contribution in [3.05, 3.63) is 54.6 Å². The molecule has 0 aromatic carbocycles. The molecule has 1 aliphatic rings. The fourth-order valence-electron chi connectivity index (χ4n) is 3.82. The van der Waals surface area contributed by atoms with E-state index in [0.29, 0.717) is 6.04 Å². The molecule has 0 amide bonds. The highest BCUT2D eigenvalue weighted by Gasteiger charge is 2.32. The van der Waals surface area contributed by atoms with E-state index in [9.17, 15) is 0 Å². The molecule has 1 saturated carbocycles. The van der Waals surface area contributed by atoms with Crippen molar-refractivity contribution in [2.45, 2.75) is 58.9 Å². The number of allylic oxidation sites excluding steroid dienone is 1. The average Bonchev–Trinajstić information content (AvgIpc) is 2.57. The van der Waals surface area contributed by atoms with Gasteiger partial charge in [0.25, 0.3) is 0 Å². The topological polar surface area (TPSA) is 15.3 Å². The first-order valence-corrected chi connectivity index (χ1v) is 9.38. The lowest BCUT2D eigenvalue weighted by Gasteiger charge is -2.43. The number of rotatable bonds is 9. The van der Waals surface area contributed by atoms with Crippen LogP contribution in [0.5, 0.6) is 0 Å². The summed E-state index contributed by atoms with van der Waals surface area (Å²) in [5.74, 6) is 1.58. The summed E-state index contributed by atoms with van der Waals surface area (Å²) in [6.45, 7) is 15.8. The first kappa shape index (κ1) is 20.4. The van der Waals surface area contributed by atoms with E-state index in [-0.39, 0.29) is 0 Å². The molecule has 134 valence electrons. The van der Waals surface area contributed by atoms with Crippen LogP contribution in [-0.4, -0.2) is 24.5 Å². The second-order valence-corrected chi connectivity index (χ2v) is 6.97. The molecular weight excluding hydrogens is 292 g/mol. The molecule has 0 saturated heterocycles. The molecule has 0 aromatic rings. The highest BCUT2D eigenvalue weighted by Crippen LogP contribution is 2.36. The van der Waals surface area contributed by atoms with Crippen molar-refractivity contribution < 1.29 is 0 Å². The standard InChI is InChI=1S/C22H36N2/c1-7-10-12-19(5)24(17-20(9-3)16-23-6)22-14-13-18(4)15-21(22)11-8-2/h7,9,12,16,18,21-23H,3,5,8,11,13-15,17H2,1-2,4,6H3/b20-16+. The van der Waals surface area contributed by atoms with Crippen LogP contribution in [0.2, 0.25) is 0 Å². The molecule has 24 heavy (non-hydrogen) atoms. The summed E-state index contributed by atoms with van der Waals surface area (Å²) in [7, 11) is 1.94. The number of nitrogens with one attached hydrogen (secondary N) is 1. The second kappa shape index (κ2) is 11.0. The van der Waals surface area contributed by atoms with Crippen molar-refractivity contribution in [2.24, 2.45) is 11.8 Å². The fraction of sp³-hybridized carbons (Fsp3) is 0.591. The summed E-state index contributed by atoms with van der Waals surface area (Å²) in [5.41, 5.74) is 5.44. The van der Waals surface area contributed by atoms with Gasteiger partial charge in [0.1, 0.15) is 0 Å². The summed E-state index contributed by atoms with van der Waals surface area (Å²) in [4.78, 5) is 2.48. The van der Waals surface area contributed by atoms with Gasteiger partial charge < -0.3 is 10.2 Å². The minimum Gasteiger partial charge on any atom is -0.394 e. The molecular formula is C22H36N2. The van der Waals surface area contributed by atoms with Crippen LogP contribution in [0.3, 0.4) is 0 Å². The van der Waals surface area contributed by atoms with Gasteiger partial charge in [-0.2, -0.15) is 0 Å². The molecule has 2 heteroatoms. The van der Waals surface area contributed by atoms with Crippen LogP contribution < -0.4 is 5.32 Å². The summed E-state index contributed by atoms with van der Waals surface area (Å²) in [6, 6.07) is 0.559. The molecule has 1 aliphatic carbocycles. The summed E-state index contributed by atoms with van der Waals surface area (Å²) < 4.78 is 0. The van der Waals surface area contributed by atoms with E-state index in [4.69, 9.17) is 0 Å². The first-order chi connectivity index (χ1) is 11.6. The van der Waals surface area contributed by atoms with E-state index >= 15 is 0 Å². The van der Waals surface area contributed by atoms with E-state index in [1.165, 1.54) is 37.7 Å². The molecule has 3 atom stereocenters. The molecule has 1 N–H and O–H groups in total. The SMILES string of the molecule is C=C/C(=C\NC)CN(C(=C)C=C=CC)C1CCC(C)CC1CCC. The molecule has 0 heterocycles. The van der Waals surface area contributed by atoms with Crippen molar-refractivity contribution in [1.29, 1.82) is 0 Å². The van der Waals surface area contributed by atoms with Gasteiger partial charge in [0.2, 0.25) is 0 Å². The zero-order chi connectivity index (χ0) is 17.9. The number of hydrogen-bond acceptors (Lipinski definition) is 2. The van der Waals surface area contributed by atoms with Crippen molar-refractivity contribution in [2.75, 3.05) is 13.6 Å². The minimum absolute atomic E-state index is 0.559. The smallest absolute Gasteiger partial charge is 0.0446 e. The van der Waals surface area contributed by atoms with Crippen LogP contribution in [0.4, 0.5) is 0 Å². The van der Waals surface area contributed by atoms with Crippen LogP contribution in [0.1, 0.15) is 52.9 Å². The first-order valence-electron chi connectivity index (χ1n) is 9.38. The van der Waals surface area contributed by atoms with Crippen molar-refractivity contribution in [3.8, 4) is 0 Å². The zero-order valence-electron chi connectivity index (χ0n) is 16.1. The van der Waals surface area contributed by atoms with E-state index in [0.717, 1.165) is 24.1 Å². The Morgan fingerprint density at radius 2 is 2.12 bits per heavy atom. The zero-order valence-corrected chi connectivity index (χ0v) is 16.1. The second-order valence-electron chi connectivity index (χ2n) is 6.97. The van der Waals surface area contributed by atoms with E-state index in [1.54, 1.807) is 0 Å². The predicted octanol–water partition coefficient (Wildman–Crippen LogP) is 5.43. The molecule has 0 aliphatic heterocycles. The van der Waals surface area contributed by atoms with E-state index in [2.05, 4.69) is 43.0 Å². The summed E-state index contributed by atoms with van der Waals surface area (Å²) in [6.07, 6.45) is 14.4. The number of nitrogens with zero attached hydrogens (tertiary/aromatic N) is 1. The van der Waals surface area contributed by atoms with Gasteiger partial charge in [0.05, 0.1) is 0 Å². The molecule has 2 nitrogen and oxygen atoms in total. The Morgan fingerprint density at radius 1 is 1.38 bits per heavy atom. The molecule has 0 bridgehead atoms. The lowest BCUT2D eigenvalue weighted by Crippen LogP contribution is -2.43. The normalized spacial score (nSPS) is 23.8. The van der Waals surface area contributed by atoms with Crippen LogP contribution in [-0.2, 0) is 0 Å². The van der Waals surface area contributed by atoms with Crippen molar-refractivity contribution in [1.82, 2.24) is 10.2 Å². The minimum atomic E-state index is 0.559. The lowest BCUT2D eigenvalue weighted by atomic mass is 9.76. The van der Waals surface area contributed by atoms with E-state index < -0.39 is 0 Å². The summed E-state index contributed by atoms with van der Waals surface area (Å²) >= 11 is 0. The van der Waals surface area contributed by atoms with Crippen LogP contribution in [0, 0.1) is 11.8 Å². The molecule has 0 spiro atoms. The van der Waals surface area contributed by atoms with Gasteiger partial charge in [0, 0.05) is 37.6 Å². The van der Waals surface area contributed by atoms with Crippen LogP contribution >= 0.6 is 0 Å². The lowest BCUT2D eigenvalue weighted by molar-refractivity contribution is 0.117. The van der Waals surface area contributed by atoms with Gasteiger partial charge in [-0.1, -0.05) is 39.5 Å². The summed E-state index contributed by atoms with van der Waals surface area (Å²) in [5, 5.41) is 3.13. The quantitative estimate of drug-likeness (QED) is 0.448. The maximum absolute atomic E-state index is 4.33. The Hall–Kier alpha value is -1.66. The molecule has 3 unspecified atom stereocenters. The highest BCUT2D eigenvalue weighted by molar-refractivity contribution is 5.23. The van der Waals surface area contributed by atoms with E-state index in [1.807, 2.05) is 38.4 Å². The maximum Gasteiger partial charge on any atom is 0.0446 e. The third-order valence-electron chi connectivity index (χ3n) is 4.99. The van der Waals surface area contributed by atoms with Gasteiger partial charge in [-0.05, 0) is 56.1 Å². The fourth-order valence-corrected chi connectivity index (χ4v) is 3.82. The Bertz CT molecular complexity index is 494. The average molecular weight is 329 g/mol. The van der Waals surface area contributed by atoms with Crippen molar-refractivity contribution in [3.63, 3.8) is 0 Å². The highest BCUT2D eigenvalue weighted by atomic mass is 15.2. The molecule has 1 fully saturated rings. The Balaban J connectivity index is 3.09. The van der Waals surface area contributed by atoms with Gasteiger partial charge in [-0.15, -0.1) is 5.73 Å². The molecule has 0 radical (unpaired) electrons. The largest absolute Gasteiger partial charge is 0.394 e. The van der Waals surface area contributed by atoms with Crippen LogP contribution in [0.15, 0.2) is 54.6 Å².